The number of pyridine rings is 1. The maximum atomic E-state index is 12.8. The van der Waals surface area contributed by atoms with Crippen LogP contribution in [0.2, 0.25) is 5.02 Å². The fourth-order valence-electron chi connectivity index (χ4n) is 3.23. The third kappa shape index (κ3) is 5.88. The monoisotopic (exact) mass is 481 g/mol. The van der Waals surface area contributed by atoms with E-state index in [2.05, 4.69) is 30.9 Å². The molecule has 0 aliphatic rings. The number of benzene rings is 1. The second-order valence-electron chi connectivity index (χ2n) is 7.43. The van der Waals surface area contributed by atoms with Crippen LogP contribution in [0.3, 0.4) is 0 Å². The number of imidazole rings is 1. The minimum absolute atomic E-state index is 0.240. The lowest BCUT2D eigenvalue weighted by atomic mass is 10.2. The summed E-state index contributed by atoms with van der Waals surface area (Å²) in [6, 6.07) is 11.2. The maximum Gasteiger partial charge on any atom is 0.267 e. The van der Waals surface area contributed by atoms with E-state index in [0.29, 0.717) is 32.2 Å². The Morgan fingerprint density at radius 3 is 2.73 bits per heavy atom. The minimum atomic E-state index is -0.240. The van der Waals surface area contributed by atoms with E-state index in [1.165, 1.54) is 11.3 Å². The smallest absolute Gasteiger partial charge is 0.267 e. The molecule has 0 radical (unpaired) electrons. The summed E-state index contributed by atoms with van der Waals surface area (Å²) in [6.07, 6.45) is 6.48. The number of para-hydroxylation sites is 1. The van der Waals surface area contributed by atoms with Gasteiger partial charge in [-0.2, -0.15) is 0 Å². The Balaban J connectivity index is 1.37. The highest BCUT2D eigenvalue weighted by molar-refractivity contribution is 7.17. The van der Waals surface area contributed by atoms with Gasteiger partial charge in [0, 0.05) is 25.5 Å². The molecule has 1 aromatic carbocycles. The fourth-order valence-corrected chi connectivity index (χ4v) is 4.37. The number of halogens is 1. The molecule has 4 aromatic rings. The molecule has 0 saturated carbocycles. The standard InChI is InChI=1S/C23H24ClN7OS/c1-15-6-3-7-17(24)20(15)30-22(32)21-16(2)27-23(33-21)29-19-9-4-8-18(28-19)26-10-5-12-31-13-11-25-14-31/h3-4,6-9,11,13-14H,5,10,12H2,1-2H3,(H,30,32)(H2,26,27,28,29). The van der Waals surface area contributed by atoms with Gasteiger partial charge < -0.3 is 20.5 Å². The van der Waals surface area contributed by atoms with Crippen molar-refractivity contribution in [2.24, 2.45) is 0 Å². The number of nitrogens with zero attached hydrogens (tertiary/aromatic N) is 4. The number of amides is 1. The van der Waals surface area contributed by atoms with Crippen LogP contribution in [0, 0.1) is 13.8 Å². The van der Waals surface area contributed by atoms with Crippen molar-refractivity contribution >= 4 is 51.3 Å². The number of carbonyl (C=O) groups excluding carboxylic acids is 1. The molecule has 3 heterocycles. The molecule has 8 nitrogen and oxygen atoms in total. The van der Waals surface area contributed by atoms with Crippen LogP contribution in [-0.4, -0.2) is 32.0 Å². The third-order valence-electron chi connectivity index (χ3n) is 4.91. The Hall–Kier alpha value is -3.43. The first-order valence-electron chi connectivity index (χ1n) is 10.5. The van der Waals surface area contributed by atoms with Crippen molar-refractivity contribution in [3.63, 3.8) is 0 Å². The summed E-state index contributed by atoms with van der Waals surface area (Å²) in [4.78, 5) is 26.5. The van der Waals surface area contributed by atoms with Gasteiger partial charge >= 0.3 is 0 Å². The van der Waals surface area contributed by atoms with E-state index in [9.17, 15) is 4.79 Å². The van der Waals surface area contributed by atoms with E-state index < -0.39 is 0 Å². The number of nitrogens with one attached hydrogen (secondary N) is 3. The van der Waals surface area contributed by atoms with E-state index in [1.54, 1.807) is 12.3 Å². The molecule has 10 heteroatoms. The zero-order chi connectivity index (χ0) is 23.2. The zero-order valence-electron chi connectivity index (χ0n) is 18.3. The van der Waals surface area contributed by atoms with Gasteiger partial charge in [-0.15, -0.1) is 0 Å². The highest BCUT2D eigenvalue weighted by Crippen LogP contribution is 2.29. The van der Waals surface area contributed by atoms with Crippen LogP contribution in [-0.2, 0) is 6.54 Å². The molecule has 0 fully saturated rings. The van der Waals surface area contributed by atoms with Gasteiger partial charge in [-0.3, -0.25) is 4.79 Å². The van der Waals surface area contributed by atoms with Crippen molar-refractivity contribution in [1.82, 2.24) is 19.5 Å². The number of carbonyl (C=O) groups is 1. The second-order valence-corrected chi connectivity index (χ2v) is 8.84. The van der Waals surface area contributed by atoms with Crippen LogP contribution in [0.15, 0.2) is 55.1 Å². The molecule has 0 bridgehead atoms. The summed E-state index contributed by atoms with van der Waals surface area (Å²) in [5, 5.41) is 10.5. The molecule has 4 rings (SSSR count). The van der Waals surface area contributed by atoms with Gasteiger partial charge in [-0.05, 0) is 44.0 Å². The number of thiazole rings is 1. The molecule has 3 N–H and O–H groups in total. The van der Waals surface area contributed by atoms with E-state index in [1.807, 2.05) is 61.3 Å². The second kappa shape index (κ2) is 10.5. The van der Waals surface area contributed by atoms with E-state index in [4.69, 9.17) is 11.6 Å². The number of hydrogen-bond acceptors (Lipinski definition) is 7. The number of rotatable bonds is 9. The van der Waals surface area contributed by atoms with Crippen LogP contribution >= 0.6 is 22.9 Å². The Morgan fingerprint density at radius 2 is 1.94 bits per heavy atom. The summed E-state index contributed by atoms with van der Waals surface area (Å²) in [6.45, 7) is 5.39. The van der Waals surface area contributed by atoms with Gasteiger partial charge in [0.05, 0.1) is 22.7 Å². The molecule has 33 heavy (non-hydrogen) atoms. The summed E-state index contributed by atoms with van der Waals surface area (Å²) < 4.78 is 2.04. The van der Waals surface area contributed by atoms with Crippen LogP contribution in [0.4, 0.5) is 22.5 Å². The van der Waals surface area contributed by atoms with Crippen LogP contribution in [0.1, 0.15) is 27.3 Å². The number of hydrogen-bond donors (Lipinski definition) is 3. The summed E-state index contributed by atoms with van der Waals surface area (Å²) in [5.74, 6) is 1.18. The summed E-state index contributed by atoms with van der Waals surface area (Å²) in [5.41, 5.74) is 2.15. The predicted octanol–water partition coefficient (Wildman–Crippen LogP) is 5.50. The Kier molecular flexibility index (Phi) is 7.21. The zero-order valence-corrected chi connectivity index (χ0v) is 19.9. The lowest BCUT2D eigenvalue weighted by Crippen LogP contribution is -2.12. The lowest BCUT2D eigenvalue weighted by Gasteiger charge is -2.09. The predicted molar refractivity (Wildman–Crippen MR) is 134 cm³/mol. The molecule has 0 spiro atoms. The van der Waals surface area contributed by atoms with Crippen molar-refractivity contribution in [1.29, 1.82) is 0 Å². The third-order valence-corrected chi connectivity index (χ3v) is 6.29. The SMILES string of the molecule is Cc1cccc(Cl)c1NC(=O)c1sc(Nc2cccc(NCCCn3ccnc3)n2)nc1C. The van der Waals surface area contributed by atoms with Gasteiger partial charge in [0.25, 0.3) is 5.91 Å². The summed E-state index contributed by atoms with van der Waals surface area (Å²) >= 11 is 7.51. The van der Waals surface area contributed by atoms with Crippen molar-refractivity contribution in [2.45, 2.75) is 26.8 Å². The largest absolute Gasteiger partial charge is 0.370 e. The van der Waals surface area contributed by atoms with Crippen LogP contribution < -0.4 is 16.0 Å². The first kappa shape index (κ1) is 22.8. The Morgan fingerprint density at radius 1 is 1.12 bits per heavy atom. The summed E-state index contributed by atoms with van der Waals surface area (Å²) in [7, 11) is 0. The lowest BCUT2D eigenvalue weighted by molar-refractivity contribution is 0.102. The number of aromatic nitrogens is 4. The average molecular weight is 482 g/mol. The van der Waals surface area contributed by atoms with E-state index in [0.717, 1.165) is 30.9 Å². The fraction of sp³-hybridized carbons (Fsp3) is 0.217. The topological polar surface area (TPSA) is 96.8 Å². The number of anilines is 4. The Bertz CT molecular complexity index is 1220. The van der Waals surface area contributed by atoms with Crippen LogP contribution in [0.5, 0.6) is 0 Å². The molecule has 170 valence electrons. The molecule has 0 aliphatic heterocycles. The highest BCUT2D eigenvalue weighted by atomic mass is 35.5. The van der Waals surface area contributed by atoms with Gasteiger partial charge in [0.2, 0.25) is 0 Å². The van der Waals surface area contributed by atoms with Gasteiger partial charge in [0.1, 0.15) is 16.5 Å². The highest BCUT2D eigenvalue weighted by Gasteiger charge is 2.18. The van der Waals surface area contributed by atoms with Gasteiger partial charge in [-0.25, -0.2) is 15.0 Å². The maximum absolute atomic E-state index is 12.8. The number of aryl methyl sites for hydroxylation is 3. The molecule has 0 aliphatic carbocycles. The van der Waals surface area contributed by atoms with Gasteiger partial charge in [-0.1, -0.05) is 41.1 Å². The van der Waals surface area contributed by atoms with Crippen molar-refractivity contribution in [3.8, 4) is 0 Å². The molecule has 0 unspecified atom stereocenters. The minimum Gasteiger partial charge on any atom is -0.370 e. The van der Waals surface area contributed by atoms with Gasteiger partial charge in [0.15, 0.2) is 5.13 Å². The normalized spacial score (nSPS) is 10.8. The van der Waals surface area contributed by atoms with Crippen molar-refractivity contribution < 1.29 is 4.79 Å². The molecule has 1 amide bonds. The first-order valence-corrected chi connectivity index (χ1v) is 11.7. The quantitative estimate of drug-likeness (QED) is 0.273. The molecular weight excluding hydrogens is 458 g/mol. The molecule has 3 aromatic heterocycles. The molecule has 0 atom stereocenters. The van der Waals surface area contributed by atoms with E-state index in [-0.39, 0.29) is 5.91 Å². The Labute approximate surface area is 201 Å². The molecular formula is C23H24ClN7OS. The van der Waals surface area contributed by atoms with Crippen LogP contribution in [0.25, 0.3) is 0 Å². The van der Waals surface area contributed by atoms with Crippen molar-refractivity contribution in [3.05, 3.63) is 76.3 Å². The van der Waals surface area contributed by atoms with Crippen molar-refractivity contribution in [2.75, 3.05) is 22.5 Å². The molecule has 0 saturated heterocycles. The first-order chi connectivity index (χ1) is 16.0. The average Bonchev–Trinajstić information content (AvgIpc) is 3.44. The van der Waals surface area contributed by atoms with E-state index >= 15 is 0 Å².